The SMILES string of the molecule is CC(C)c1c(Br)cc(C(F)(F)F)c(O)c1F. The number of benzene rings is 1. The van der Waals surface area contributed by atoms with Crippen molar-refractivity contribution in [1.82, 2.24) is 0 Å². The Morgan fingerprint density at radius 3 is 2.19 bits per heavy atom. The standard InChI is InChI=1S/C10H9BrF4O/c1-4(2)7-6(11)3-5(10(13,14)15)9(16)8(7)12/h3-4,16H,1-2H3. The first-order valence-electron chi connectivity index (χ1n) is 4.44. The Kier molecular flexibility index (Phi) is 3.52. The van der Waals surface area contributed by atoms with Gasteiger partial charge in [0, 0.05) is 10.0 Å². The minimum atomic E-state index is -4.77. The first-order valence-corrected chi connectivity index (χ1v) is 5.23. The molecule has 0 aromatic heterocycles. The fourth-order valence-electron chi connectivity index (χ4n) is 1.37. The van der Waals surface area contributed by atoms with Gasteiger partial charge in [-0.3, -0.25) is 0 Å². The fourth-order valence-corrected chi connectivity index (χ4v) is 2.23. The predicted molar refractivity (Wildman–Crippen MR) is 54.9 cm³/mol. The molecule has 0 radical (unpaired) electrons. The van der Waals surface area contributed by atoms with Crippen LogP contribution in [0.4, 0.5) is 17.6 Å². The van der Waals surface area contributed by atoms with Crippen molar-refractivity contribution in [1.29, 1.82) is 0 Å². The number of phenols is 1. The fraction of sp³-hybridized carbons (Fsp3) is 0.400. The lowest BCUT2D eigenvalue weighted by atomic mass is 10.00. The second kappa shape index (κ2) is 4.24. The van der Waals surface area contributed by atoms with Crippen molar-refractivity contribution in [3.8, 4) is 5.75 Å². The smallest absolute Gasteiger partial charge is 0.420 e. The van der Waals surface area contributed by atoms with E-state index in [0.717, 1.165) is 0 Å². The maximum atomic E-state index is 13.5. The second-order valence-electron chi connectivity index (χ2n) is 3.63. The molecule has 1 aromatic rings. The quantitative estimate of drug-likeness (QED) is 0.760. The van der Waals surface area contributed by atoms with Crippen LogP contribution in [-0.2, 0) is 6.18 Å². The van der Waals surface area contributed by atoms with Crippen LogP contribution in [-0.4, -0.2) is 5.11 Å². The Balaban J connectivity index is 3.52. The summed E-state index contributed by atoms with van der Waals surface area (Å²) in [6, 6.07) is 0.688. The average Bonchev–Trinajstić information content (AvgIpc) is 2.09. The van der Waals surface area contributed by atoms with Gasteiger partial charge in [-0.15, -0.1) is 0 Å². The van der Waals surface area contributed by atoms with Gasteiger partial charge in [0.25, 0.3) is 0 Å². The van der Waals surface area contributed by atoms with Crippen LogP contribution in [0, 0.1) is 5.82 Å². The summed E-state index contributed by atoms with van der Waals surface area (Å²) >= 11 is 2.87. The molecular formula is C10H9BrF4O. The molecule has 0 spiro atoms. The second-order valence-corrected chi connectivity index (χ2v) is 4.49. The molecule has 0 fully saturated rings. The van der Waals surface area contributed by atoms with Crippen LogP contribution in [0.25, 0.3) is 0 Å². The molecule has 0 aliphatic heterocycles. The Morgan fingerprint density at radius 2 is 1.81 bits per heavy atom. The van der Waals surface area contributed by atoms with Gasteiger partial charge >= 0.3 is 6.18 Å². The van der Waals surface area contributed by atoms with E-state index in [1.54, 1.807) is 13.8 Å². The number of hydrogen-bond donors (Lipinski definition) is 1. The number of rotatable bonds is 1. The van der Waals surface area contributed by atoms with Crippen LogP contribution in [0.2, 0.25) is 0 Å². The van der Waals surface area contributed by atoms with Crippen molar-refractivity contribution in [2.24, 2.45) is 0 Å². The van der Waals surface area contributed by atoms with E-state index >= 15 is 0 Å². The molecule has 0 aliphatic carbocycles. The molecule has 6 heteroatoms. The summed E-state index contributed by atoms with van der Waals surface area (Å²) in [6.45, 7) is 3.24. The van der Waals surface area contributed by atoms with E-state index in [1.807, 2.05) is 0 Å². The van der Waals surface area contributed by atoms with Gasteiger partial charge < -0.3 is 5.11 Å². The molecule has 0 unspecified atom stereocenters. The van der Waals surface area contributed by atoms with E-state index in [1.165, 1.54) is 0 Å². The molecule has 0 bridgehead atoms. The van der Waals surface area contributed by atoms with Crippen molar-refractivity contribution in [3.63, 3.8) is 0 Å². The first-order chi connectivity index (χ1) is 7.16. The molecular weight excluding hydrogens is 292 g/mol. The Morgan fingerprint density at radius 1 is 1.31 bits per heavy atom. The lowest BCUT2D eigenvalue weighted by molar-refractivity contribution is -0.139. The van der Waals surface area contributed by atoms with Crippen LogP contribution < -0.4 is 0 Å². The van der Waals surface area contributed by atoms with Crippen LogP contribution in [0.3, 0.4) is 0 Å². The van der Waals surface area contributed by atoms with Crippen molar-refractivity contribution in [2.75, 3.05) is 0 Å². The Hall–Kier alpha value is -0.780. The van der Waals surface area contributed by atoms with Crippen molar-refractivity contribution < 1.29 is 22.7 Å². The zero-order valence-electron chi connectivity index (χ0n) is 8.49. The average molecular weight is 301 g/mol. The van der Waals surface area contributed by atoms with Crippen LogP contribution in [0.15, 0.2) is 10.5 Å². The van der Waals surface area contributed by atoms with Crippen LogP contribution in [0.5, 0.6) is 5.75 Å². The molecule has 0 amide bonds. The molecule has 0 aliphatic rings. The van der Waals surface area contributed by atoms with E-state index in [9.17, 15) is 22.7 Å². The van der Waals surface area contributed by atoms with E-state index in [2.05, 4.69) is 15.9 Å². The molecule has 1 aromatic carbocycles. The number of aromatic hydroxyl groups is 1. The zero-order chi connectivity index (χ0) is 12.7. The normalized spacial score (nSPS) is 12.2. The molecule has 0 atom stereocenters. The monoisotopic (exact) mass is 300 g/mol. The third kappa shape index (κ3) is 2.31. The van der Waals surface area contributed by atoms with Crippen LogP contribution in [0.1, 0.15) is 30.9 Å². The Labute approximate surface area is 98.2 Å². The number of phenolic OH excluding ortho intramolecular Hbond substituents is 1. The third-order valence-electron chi connectivity index (χ3n) is 2.11. The lowest BCUT2D eigenvalue weighted by Crippen LogP contribution is -2.08. The van der Waals surface area contributed by atoms with E-state index < -0.39 is 23.3 Å². The van der Waals surface area contributed by atoms with E-state index in [-0.39, 0.29) is 16.0 Å². The lowest BCUT2D eigenvalue weighted by Gasteiger charge is -2.15. The zero-order valence-corrected chi connectivity index (χ0v) is 10.1. The molecule has 0 heterocycles. The highest BCUT2D eigenvalue weighted by Crippen LogP contribution is 2.42. The van der Waals surface area contributed by atoms with Gasteiger partial charge in [-0.1, -0.05) is 29.8 Å². The maximum absolute atomic E-state index is 13.5. The third-order valence-corrected chi connectivity index (χ3v) is 2.77. The topological polar surface area (TPSA) is 20.2 Å². The first kappa shape index (κ1) is 13.3. The summed E-state index contributed by atoms with van der Waals surface area (Å²) in [5.41, 5.74) is -1.34. The summed E-state index contributed by atoms with van der Waals surface area (Å²) < 4.78 is 50.7. The number of hydrogen-bond acceptors (Lipinski definition) is 1. The van der Waals surface area contributed by atoms with E-state index in [0.29, 0.717) is 6.07 Å². The summed E-state index contributed by atoms with van der Waals surface area (Å²) in [6.07, 6.45) is -4.77. The predicted octanol–water partition coefficient (Wildman–Crippen LogP) is 4.44. The molecule has 1 nitrogen and oxygen atoms in total. The maximum Gasteiger partial charge on any atom is 0.420 e. The minimum absolute atomic E-state index is 0.00475. The molecule has 1 N–H and O–H groups in total. The molecule has 0 saturated carbocycles. The van der Waals surface area contributed by atoms with Gasteiger partial charge in [-0.05, 0) is 12.0 Å². The highest BCUT2D eigenvalue weighted by Gasteiger charge is 2.37. The number of halogens is 5. The van der Waals surface area contributed by atoms with Gasteiger partial charge in [0.1, 0.15) is 5.56 Å². The van der Waals surface area contributed by atoms with Crippen molar-refractivity contribution >= 4 is 15.9 Å². The largest absolute Gasteiger partial charge is 0.504 e. The highest BCUT2D eigenvalue weighted by atomic mass is 79.9. The summed E-state index contributed by atoms with van der Waals surface area (Å²) in [7, 11) is 0. The van der Waals surface area contributed by atoms with Crippen molar-refractivity contribution in [3.05, 3.63) is 27.5 Å². The molecule has 1 rings (SSSR count). The van der Waals surface area contributed by atoms with E-state index in [4.69, 9.17) is 0 Å². The Bertz CT molecular complexity index is 412. The van der Waals surface area contributed by atoms with Gasteiger partial charge in [-0.25, -0.2) is 4.39 Å². The summed E-state index contributed by atoms with van der Waals surface area (Å²) in [4.78, 5) is 0. The molecule has 16 heavy (non-hydrogen) atoms. The molecule has 90 valence electrons. The number of alkyl halides is 3. The van der Waals surface area contributed by atoms with Gasteiger partial charge in [-0.2, -0.15) is 13.2 Å². The van der Waals surface area contributed by atoms with Crippen LogP contribution >= 0.6 is 15.9 Å². The van der Waals surface area contributed by atoms with Gasteiger partial charge in [0.05, 0.1) is 0 Å². The van der Waals surface area contributed by atoms with Crippen molar-refractivity contribution in [2.45, 2.75) is 25.9 Å². The summed E-state index contributed by atoms with van der Waals surface area (Å²) in [5, 5.41) is 9.17. The van der Waals surface area contributed by atoms with Gasteiger partial charge in [0.15, 0.2) is 11.6 Å². The highest BCUT2D eigenvalue weighted by molar-refractivity contribution is 9.10. The van der Waals surface area contributed by atoms with Gasteiger partial charge in [0.2, 0.25) is 0 Å². The summed E-state index contributed by atoms with van der Waals surface area (Å²) in [5.74, 6) is -2.90. The minimum Gasteiger partial charge on any atom is -0.504 e. The molecule has 0 saturated heterocycles.